The van der Waals surface area contributed by atoms with Crippen LogP contribution in [0.3, 0.4) is 0 Å². The van der Waals surface area contributed by atoms with E-state index in [0.717, 1.165) is 12.0 Å². The van der Waals surface area contributed by atoms with E-state index in [9.17, 15) is 14.7 Å². The topological polar surface area (TPSA) is 83.7 Å². The minimum absolute atomic E-state index is 0.0277. The van der Waals surface area contributed by atoms with Gasteiger partial charge in [-0.15, -0.1) is 0 Å². The van der Waals surface area contributed by atoms with Crippen LogP contribution in [-0.2, 0) is 0 Å². The van der Waals surface area contributed by atoms with E-state index >= 15 is 0 Å². The number of hydrogen-bond donors (Lipinski definition) is 2. The molecule has 0 aliphatic heterocycles. The number of nitrogens with zero attached hydrogens (tertiary/aromatic N) is 2. The fraction of sp³-hybridized carbons (Fsp3) is 0.400. The van der Waals surface area contributed by atoms with Crippen molar-refractivity contribution < 1.29 is 9.90 Å². The standard InChI is InChI=1S/C15H19N3O3/c1-3-4-11(19)8-17-14(20)12-9-16-13-7-10(2)5-6-18(13)15(12)21/h5-7,9,11,19H,3-4,8H2,1-2H3,(H,17,20). The van der Waals surface area contributed by atoms with Crippen molar-refractivity contribution in [1.82, 2.24) is 14.7 Å². The summed E-state index contributed by atoms with van der Waals surface area (Å²) in [5, 5.41) is 12.2. The van der Waals surface area contributed by atoms with Crippen LogP contribution in [0.5, 0.6) is 0 Å². The fourth-order valence-electron chi connectivity index (χ4n) is 2.07. The highest BCUT2D eigenvalue weighted by molar-refractivity contribution is 5.93. The summed E-state index contributed by atoms with van der Waals surface area (Å²) in [4.78, 5) is 28.4. The lowest BCUT2D eigenvalue weighted by Crippen LogP contribution is -2.36. The number of rotatable bonds is 5. The van der Waals surface area contributed by atoms with Crippen LogP contribution in [0.15, 0.2) is 29.3 Å². The largest absolute Gasteiger partial charge is 0.391 e. The normalized spacial score (nSPS) is 12.3. The average Bonchev–Trinajstić information content (AvgIpc) is 2.45. The van der Waals surface area contributed by atoms with Gasteiger partial charge in [-0.05, 0) is 31.0 Å². The molecule has 0 saturated heterocycles. The number of aromatic nitrogens is 2. The predicted octanol–water partition coefficient (Wildman–Crippen LogP) is 0.894. The Morgan fingerprint density at radius 3 is 3.00 bits per heavy atom. The molecule has 0 aliphatic carbocycles. The molecule has 2 N–H and O–H groups in total. The maximum absolute atomic E-state index is 12.3. The van der Waals surface area contributed by atoms with E-state index in [0.29, 0.717) is 12.1 Å². The highest BCUT2D eigenvalue weighted by Crippen LogP contribution is 2.02. The van der Waals surface area contributed by atoms with Gasteiger partial charge in [-0.2, -0.15) is 0 Å². The van der Waals surface area contributed by atoms with Gasteiger partial charge in [0.05, 0.1) is 6.10 Å². The molecule has 21 heavy (non-hydrogen) atoms. The van der Waals surface area contributed by atoms with Crippen LogP contribution in [0.25, 0.3) is 5.65 Å². The van der Waals surface area contributed by atoms with Crippen LogP contribution in [-0.4, -0.2) is 33.0 Å². The maximum Gasteiger partial charge on any atom is 0.270 e. The van der Waals surface area contributed by atoms with Crippen LogP contribution >= 0.6 is 0 Å². The molecular weight excluding hydrogens is 270 g/mol. The number of aryl methyl sites for hydroxylation is 1. The minimum atomic E-state index is -0.599. The monoisotopic (exact) mass is 289 g/mol. The zero-order valence-corrected chi connectivity index (χ0v) is 12.2. The van der Waals surface area contributed by atoms with Crippen molar-refractivity contribution in [3.05, 3.63) is 46.0 Å². The van der Waals surface area contributed by atoms with Gasteiger partial charge in [0.2, 0.25) is 0 Å². The quantitative estimate of drug-likeness (QED) is 0.856. The van der Waals surface area contributed by atoms with E-state index in [1.54, 1.807) is 18.3 Å². The van der Waals surface area contributed by atoms with Crippen LogP contribution < -0.4 is 10.9 Å². The van der Waals surface area contributed by atoms with E-state index in [1.165, 1.54) is 10.6 Å². The molecule has 2 aromatic heterocycles. The summed E-state index contributed by atoms with van der Waals surface area (Å²) in [6.07, 6.45) is 3.71. The molecule has 0 aromatic carbocycles. The molecule has 0 saturated carbocycles. The Morgan fingerprint density at radius 2 is 2.29 bits per heavy atom. The SMILES string of the molecule is CCCC(O)CNC(=O)c1cnc2cc(C)ccn2c1=O. The average molecular weight is 289 g/mol. The van der Waals surface area contributed by atoms with Gasteiger partial charge in [0.25, 0.3) is 11.5 Å². The van der Waals surface area contributed by atoms with Gasteiger partial charge in [0.1, 0.15) is 11.2 Å². The maximum atomic E-state index is 12.3. The summed E-state index contributed by atoms with van der Waals surface area (Å²) in [5.41, 5.74) is 1.05. The predicted molar refractivity (Wildman–Crippen MR) is 79.4 cm³/mol. The highest BCUT2D eigenvalue weighted by atomic mass is 16.3. The van der Waals surface area contributed by atoms with Crippen molar-refractivity contribution in [3.63, 3.8) is 0 Å². The van der Waals surface area contributed by atoms with Crippen LogP contribution in [0.4, 0.5) is 0 Å². The Bertz CT molecular complexity index is 709. The number of hydrogen-bond acceptors (Lipinski definition) is 4. The molecule has 6 heteroatoms. The Labute approximate surface area is 122 Å². The Kier molecular flexibility index (Phi) is 4.70. The Hall–Kier alpha value is -2.21. The second-order valence-electron chi connectivity index (χ2n) is 5.06. The van der Waals surface area contributed by atoms with Gasteiger partial charge in [0, 0.05) is 18.9 Å². The van der Waals surface area contributed by atoms with Crippen LogP contribution in [0.1, 0.15) is 35.7 Å². The van der Waals surface area contributed by atoms with Crippen molar-refractivity contribution in [1.29, 1.82) is 0 Å². The van der Waals surface area contributed by atoms with E-state index in [-0.39, 0.29) is 12.1 Å². The second-order valence-corrected chi connectivity index (χ2v) is 5.06. The van der Waals surface area contributed by atoms with E-state index in [1.807, 2.05) is 13.8 Å². The lowest BCUT2D eigenvalue weighted by molar-refractivity contribution is 0.0908. The summed E-state index contributed by atoms with van der Waals surface area (Å²) >= 11 is 0. The smallest absolute Gasteiger partial charge is 0.270 e. The Balaban J connectivity index is 2.22. The van der Waals surface area contributed by atoms with Gasteiger partial charge in [-0.3, -0.25) is 14.0 Å². The third-order valence-corrected chi connectivity index (χ3v) is 3.23. The number of carbonyl (C=O) groups excluding carboxylic acids is 1. The lowest BCUT2D eigenvalue weighted by atomic mass is 10.2. The molecular formula is C15H19N3O3. The number of aliphatic hydroxyl groups is 1. The van der Waals surface area contributed by atoms with Crippen molar-refractivity contribution >= 4 is 11.6 Å². The second kappa shape index (κ2) is 6.49. The first-order valence-corrected chi connectivity index (χ1v) is 6.97. The van der Waals surface area contributed by atoms with Gasteiger partial charge in [0.15, 0.2) is 0 Å². The third kappa shape index (κ3) is 3.46. The van der Waals surface area contributed by atoms with E-state index in [4.69, 9.17) is 0 Å². The van der Waals surface area contributed by atoms with E-state index < -0.39 is 17.6 Å². The first-order chi connectivity index (χ1) is 10.0. The van der Waals surface area contributed by atoms with Crippen LogP contribution in [0, 0.1) is 6.92 Å². The number of nitrogens with one attached hydrogen (secondary N) is 1. The number of fused-ring (bicyclic) bond motifs is 1. The first-order valence-electron chi connectivity index (χ1n) is 6.97. The van der Waals surface area contributed by atoms with Gasteiger partial charge in [-0.1, -0.05) is 13.3 Å². The molecule has 2 aromatic rings. The summed E-state index contributed by atoms with van der Waals surface area (Å²) in [7, 11) is 0. The number of amides is 1. The zero-order valence-electron chi connectivity index (χ0n) is 12.2. The lowest BCUT2D eigenvalue weighted by Gasteiger charge is -2.10. The summed E-state index contributed by atoms with van der Waals surface area (Å²) in [6, 6.07) is 3.55. The first kappa shape index (κ1) is 15.2. The molecule has 112 valence electrons. The molecule has 1 unspecified atom stereocenters. The molecule has 1 amide bonds. The molecule has 6 nitrogen and oxygen atoms in total. The van der Waals surface area contributed by atoms with Gasteiger partial charge in [-0.25, -0.2) is 4.98 Å². The summed E-state index contributed by atoms with van der Waals surface area (Å²) in [5.74, 6) is -0.516. The Morgan fingerprint density at radius 1 is 1.52 bits per heavy atom. The molecule has 0 spiro atoms. The highest BCUT2D eigenvalue weighted by Gasteiger charge is 2.14. The summed E-state index contributed by atoms with van der Waals surface area (Å²) < 4.78 is 1.34. The number of aliphatic hydroxyl groups excluding tert-OH is 1. The minimum Gasteiger partial charge on any atom is -0.391 e. The fourth-order valence-corrected chi connectivity index (χ4v) is 2.07. The molecule has 2 heterocycles. The van der Waals surface area contributed by atoms with Gasteiger partial charge >= 0.3 is 0 Å². The number of carbonyl (C=O) groups is 1. The molecule has 1 atom stereocenters. The molecule has 0 aliphatic rings. The van der Waals surface area contributed by atoms with Crippen molar-refractivity contribution in [3.8, 4) is 0 Å². The molecule has 0 fully saturated rings. The molecule has 2 rings (SSSR count). The van der Waals surface area contributed by atoms with Crippen LogP contribution in [0.2, 0.25) is 0 Å². The number of pyridine rings is 1. The molecule has 0 bridgehead atoms. The van der Waals surface area contributed by atoms with Crippen molar-refractivity contribution in [2.75, 3.05) is 6.54 Å². The van der Waals surface area contributed by atoms with Crippen molar-refractivity contribution in [2.24, 2.45) is 0 Å². The van der Waals surface area contributed by atoms with Crippen molar-refractivity contribution in [2.45, 2.75) is 32.8 Å². The van der Waals surface area contributed by atoms with Gasteiger partial charge < -0.3 is 10.4 Å². The summed E-state index contributed by atoms with van der Waals surface area (Å²) in [6.45, 7) is 3.98. The molecule has 0 radical (unpaired) electrons. The van der Waals surface area contributed by atoms with E-state index in [2.05, 4.69) is 10.3 Å². The zero-order chi connectivity index (χ0) is 15.4. The third-order valence-electron chi connectivity index (χ3n) is 3.23.